The molecule has 3 atom stereocenters. The predicted molar refractivity (Wildman–Crippen MR) is 120 cm³/mol. The van der Waals surface area contributed by atoms with Crippen molar-refractivity contribution in [3.8, 4) is 0 Å². The highest BCUT2D eigenvalue weighted by Gasteiger charge is 2.08. The molecule has 0 saturated heterocycles. The van der Waals surface area contributed by atoms with E-state index in [1.807, 2.05) is 0 Å². The van der Waals surface area contributed by atoms with Crippen LogP contribution < -0.4 is 5.32 Å². The van der Waals surface area contributed by atoms with Crippen LogP contribution in [0.25, 0.3) is 0 Å². The third-order valence-corrected chi connectivity index (χ3v) is 5.82. The summed E-state index contributed by atoms with van der Waals surface area (Å²) in [5.74, 6) is 3.60. The van der Waals surface area contributed by atoms with E-state index in [9.17, 15) is 0 Å². The molecule has 0 saturated carbocycles. The summed E-state index contributed by atoms with van der Waals surface area (Å²) in [6.07, 6.45) is 14.2. The Kier molecular flexibility index (Phi) is 17.0. The van der Waals surface area contributed by atoms with E-state index in [0.29, 0.717) is 0 Å². The first-order valence-corrected chi connectivity index (χ1v) is 11.7. The molecule has 0 aliphatic carbocycles. The second-order valence-corrected chi connectivity index (χ2v) is 9.84. The first-order chi connectivity index (χ1) is 12.3. The molecule has 2 heteroatoms. The highest BCUT2D eigenvalue weighted by Crippen LogP contribution is 2.22. The highest BCUT2D eigenvalue weighted by atomic mass is 15.1. The maximum absolute atomic E-state index is 3.56. The lowest BCUT2D eigenvalue weighted by Crippen LogP contribution is -2.27. The Hall–Kier alpha value is -0.0800. The summed E-state index contributed by atoms with van der Waals surface area (Å²) in [4.78, 5) is 2.24. The Morgan fingerprint density at radius 3 is 1.42 bits per heavy atom. The van der Waals surface area contributed by atoms with E-state index in [1.165, 1.54) is 70.8 Å². The third kappa shape index (κ3) is 18.7. The van der Waals surface area contributed by atoms with Crippen molar-refractivity contribution in [2.45, 2.75) is 98.8 Å². The molecule has 0 aliphatic heterocycles. The summed E-state index contributed by atoms with van der Waals surface area (Å²) in [5.41, 5.74) is 0. The van der Waals surface area contributed by atoms with Crippen LogP contribution >= 0.6 is 0 Å². The largest absolute Gasteiger partial charge is 0.315 e. The molecule has 2 nitrogen and oxygen atoms in total. The SMILES string of the molecule is CC(C)CCCC(C)CCCC(C)CCCC(C)CCNCCN(C)C. The van der Waals surface area contributed by atoms with E-state index < -0.39 is 0 Å². The Morgan fingerprint density at radius 2 is 1.00 bits per heavy atom. The van der Waals surface area contributed by atoms with Crippen LogP contribution in [0.1, 0.15) is 98.8 Å². The van der Waals surface area contributed by atoms with E-state index in [-0.39, 0.29) is 0 Å². The van der Waals surface area contributed by atoms with Gasteiger partial charge < -0.3 is 10.2 Å². The fourth-order valence-electron chi connectivity index (χ4n) is 3.71. The maximum atomic E-state index is 3.56. The van der Waals surface area contributed by atoms with Crippen LogP contribution in [0, 0.1) is 23.7 Å². The van der Waals surface area contributed by atoms with Crippen molar-refractivity contribution in [2.24, 2.45) is 23.7 Å². The Bertz CT molecular complexity index is 288. The molecule has 0 amide bonds. The molecule has 0 bridgehead atoms. The van der Waals surface area contributed by atoms with Gasteiger partial charge >= 0.3 is 0 Å². The van der Waals surface area contributed by atoms with Gasteiger partial charge in [-0.15, -0.1) is 0 Å². The molecule has 1 N–H and O–H groups in total. The molecule has 0 aromatic heterocycles. The number of nitrogens with one attached hydrogen (secondary N) is 1. The first-order valence-electron chi connectivity index (χ1n) is 11.7. The van der Waals surface area contributed by atoms with Gasteiger partial charge in [0.2, 0.25) is 0 Å². The van der Waals surface area contributed by atoms with E-state index in [0.717, 1.165) is 36.8 Å². The Morgan fingerprint density at radius 1 is 0.577 bits per heavy atom. The van der Waals surface area contributed by atoms with Crippen molar-refractivity contribution >= 4 is 0 Å². The van der Waals surface area contributed by atoms with Crippen molar-refractivity contribution in [1.29, 1.82) is 0 Å². The van der Waals surface area contributed by atoms with Crippen molar-refractivity contribution in [1.82, 2.24) is 10.2 Å². The molecule has 0 fully saturated rings. The van der Waals surface area contributed by atoms with Gasteiger partial charge in [0, 0.05) is 13.1 Å². The second-order valence-electron chi connectivity index (χ2n) is 9.84. The third-order valence-electron chi connectivity index (χ3n) is 5.82. The summed E-state index contributed by atoms with van der Waals surface area (Å²) in [7, 11) is 4.28. The molecule has 0 radical (unpaired) electrons. The predicted octanol–water partition coefficient (Wildman–Crippen LogP) is 6.60. The zero-order valence-corrected chi connectivity index (χ0v) is 19.4. The van der Waals surface area contributed by atoms with Crippen LogP contribution in [0.3, 0.4) is 0 Å². The van der Waals surface area contributed by atoms with Gasteiger partial charge in [-0.3, -0.25) is 0 Å². The van der Waals surface area contributed by atoms with Crippen LogP contribution in [0.15, 0.2) is 0 Å². The summed E-state index contributed by atoms with van der Waals surface area (Å²) in [6, 6.07) is 0. The molecule has 0 aromatic carbocycles. The molecule has 0 aliphatic rings. The van der Waals surface area contributed by atoms with Crippen molar-refractivity contribution in [3.05, 3.63) is 0 Å². The van der Waals surface area contributed by atoms with Crippen LogP contribution in [0.4, 0.5) is 0 Å². The Balaban J connectivity index is 3.48. The minimum absolute atomic E-state index is 0.870. The monoisotopic (exact) mass is 368 g/mol. The van der Waals surface area contributed by atoms with Gasteiger partial charge in [-0.25, -0.2) is 0 Å². The van der Waals surface area contributed by atoms with Crippen LogP contribution in [0.5, 0.6) is 0 Å². The lowest BCUT2D eigenvalue weighted by atomic mass is 9.91. The second kappa shape index (κ2) is 17.0. The minimum Gasteiger partial charge on any atom is -0.315 e. The molecule has 158 valence electrons. The fourth-order valence-corrected chi connectivity index (χ4v) is 3.71. The molecular weight excluding hydrogens is 316 g/mol. The van der Waals surface area contributed by atoms with Gasteiger partial charge in [0.25, 0.3) is 0 Å². The van der Waals surface area contributed by atoms with Gasteiger partial charge in [0.15, 0.2) is 0 Å². The van der Waals surface area contributed by atoms with E-state index in [4.69, 9.17) is 0 Å². The summed E-state index contributed by atoms with van der Waals surface area (Å²) >= 11 is 0. The van der Waals surface area contributed by atoms with E-state index in [1.54, 1.807) is 0 Å². The first kappa shape index (κ1) is 25.9. The minimum atomic E-state index is 0.870. The number of nitrogens with zero attached hydrogens (tertiary/aromatic N) is 1. The zero-order valence-electron chi connectivity index (χ0n) is 19.4. The molecule has 0 rings (SSSR count). The maximum Gasteiger partial charge on any atom is 0.0101 e. The average molecular weight is 369 g/mol. The number of hydrogen-bond donors (Lipinski definition) is 1. The molecular formula is C24H52N2. The van der Waals surface area contributed by atoms with Gasteiger partial charge in [0.1, 0.15) is 0 Å². The molecule has 26 heavy (non-hydrogen) atoms. The summed E-state index contributed by atoms with van der Waals surface area (Å²) in [5, 5.41) is 3.56. The lowest BCUT2D eigenvalue weighted by molar-refractivity contribution is 0.368. The molecule has 3 unspecified atom stereocenters. The van der Waals surface area contributed by atoms with E-state index in [2.05, 4.69) is 58.9 Å². The summed E-state index contributed by atoms with van der Waals surface area (Å²) < 4.78 is 0. The number of rotatable bonds is 18. The van der Waals surface area contributed by atoms with Crippen molar-refractivity contribution in [3.63, 3.8) is 0 Å². The van der Waals surface area contributed by atoms with Gasteiger partial charge in [-0.2, -0.15) is 0 Å². The van der Waals surface area contributed by atoms with Crippen molar-refractivity contribution in [2.75, 3.05) is 33.7 Å². The smallest absolute Gasteiger partial charge is 0.0101 e. The van der Waals surface area contributed by atoms with Gasteiger partial charge in [0.05, 0.1) is 0 Å². The number of likely N-dealkylation sites (N-methyl/N-ethyl adjacent to an activating group) is 1. The van der Waals surface area contributed by atoms with E-state index >= 15 is 0 Å². The summed E-state index contributed by atoms with van der Waals surface area (Å²) in [6.45, 7) is 15.5. The normalized spacial score (nSPS) is 15.6. The topological polar surface area (TPSA) is 15.3 Å². The standard InChI is InChI=1S/C24H52N2/c1-21(2)11-8-12-22(3)13-9-14-23(4)15-10-16-24(5)17-18-25-19-20-26(6)7/h21-25H,8-20H2,1-7H3. The van der Waals surface area contributed by atoms with Gasteiger partial charge in [-0.05, 0) is 50.7 Å². The van der Waals surface area contributed by atoms with Crippen LogP contribution in [0.2, 0.25) is 0 Å². The number of hydrogen-bond acceptors (Lipinski definition) is 2. The van der Waals surface area contributed by atoms with Crippen LogP contribution in [-0.2, 0) is 0 Å². The van der Waals surface area contributed by atoms with Gasteiger partial charge in [-0.1, -0.05) is 92.4 Å². The average Bonchev–Trinajstić information content (AvgIpc) is 2.53. The zero-order chi connectivity index (χ0) is 19.8. The Labute approximate surface area is 166 Å². The molecule has 0 aromatic rings. The fraction of sp³-hybridized carbons (Fsp3) is 1.00. The highest BCUT2D eigenvalue weighted by molar-refractivity contribution is 4.62. The quantitative estimate of drug-likeness (QED) is 0.274. The van der Waals surface area contributed by atoms with Crippen LogP contribution in [-0.4, -0.2) is 38.6 Å². The van der Waals surface area contributed by atoms with Crippen molar-refractivity contribution < 1.29 is 0 Å². The molecule has 0 spiro atoms. The molecule has 0 heterocycles. The lowest BCUT2D eigenvalue weighted by Gasteiger charge is -2.16.